The van der Waals surface area contributed by atoms with E-state index in [0.29, 0.717) is 0 Å². The lowest BCUT2D eigenvalue weighted by Crippen LogP contribution is -2.42. The highest BCUT2D eigenvalue weighted by Crippen LogP contribution is 2.15. The molecule has 76 valence electrons. The van der Waals surface area contributed by atoms with Gasteiger partial charge >= 0.3 is 0 Å². The maximum Gasteiger partial charge on any atom is 0.0245 e. The lowest BCUT2D eigenvalue weighted by molar-refractivity contribution is 0.232. The van der Waals surface area contributed by atoms with Gasteiger partial charge in [-0.25, -0.2) is 0 Å². The molecule has 0 bridgehead atoms. The Bertz CT molecular complexity index is 295. The van der Waals surface area contributed by atoms with Gasteiger partial charge in [0.15, 0.2) is 0 Å². The molecular formula is C11H16N2S. The monoisotopic (exact) mass is 208 g/mol. The summed E-state index contributed by atoms with van der Waals surface area (Å²) in [6.45, 7) is 5.52. The summed E-state index contributed by atoms with van der Waals surface area (Å²) in [6, 6.07) is 8.33. The molecule has 1 aromatic rings. The van der Waals surface area contributed by atoms with E-state index >= 15 is 0 Å². The third kappa shape index (κ3) is 2.50. The van der Waals surface area contributed by atoms with Gasteiger partial charge in [0, 0.05) is 37.6 Å². The Hall–Kier alpha value is -0.510. The second-order valence-corrected chi connectivity index (χ2v) is 4.14. The first-order valence-electron chi connectivity index (χ1n) is 5.06. The van der Waals surface area contributed by atoms with Crippen LogP contribution in [0.2, 0.25) is 0 Å². The van der Waals surface area contributed by atoms with Crippen LogP contribution in [-0.2, 0) is 6.54 Å². The summed E-state index contributed by atoms with van der Waals surface area (Å²) in [5, 5.41) is 3.35. The SMILES string of the molecule is Sc1ccccc1CN1CCNCC1. The van der Waals surface area contributed by atoms with Crippen LogP contribution < -0.4 is 5.32 Å². The van der Waals surface area contributed by atoms with E-state index in [2.05, 4.69) is 41.0 Å². The maximum absolute atomic E-state index is 4.46. The van der Waals surface area contributed by atoms with Crippen molar-refractivity contribution in [2.24, 2.45) is 0 Å². The Balaban J connectivity index is 1.99. The Morgan fingerprint density at radius 1 is 1.21 bits per heavy atom. The fourth-order valence-corrected chi connectivity index (χ4v) is 1.99. The molecule has 14 heavy (non-hydrogen) atoms. The fraction of sp³-hybridized carbons (Fsp3) is 0.455. The van der Waals surface area contributed by atoms with Crippen LogP contribution in [0.5, 0.6) is 0 Å². The van der Waals surface area contributed by atoms with E-state index in [0.717, 1.165) is 37.6 Å². The van der Waals surface area contributed by atoms with Gasteiger partial charge in [-0.05, 0) is 11.6 Å². The number of rotatable bonds is 2. The highest BCUT2D eigenvalue weighted by Gasteiger charge is 2.10. The molecule has 2 rings (SSSR count). The van der Waals surface area contributed by atoms with E-state index < -0.39 is 0 Å². The van der Waals surface area contributed by atoms with Gasteiger partial charge in [-0.15, -0.1) is 12.6 Å². The maximum atomic E-state index is 4.46. The van der Waals surface area contributed by atoms with Crippen LogP contribution in [-0.4, -0.2) is 31.1 Å². The summed E-state index contributed by atoms with van der Waals surface area (Å²) in [6.07, 6.45) is 0. The van der Waals surface area contributed by atoms with E-state index in [-0.39, 0.29) is 0 Å². The number of nitrogens with zero attached hydrogens (tertiary/aromatic N) is 1. The molecule has 3 heteroatoms. The van der Waals surface area contributed by atoms with E-state index in [4.69, 9.17) is 0 Å². The van der Waals surface area contributed by atoms with Crippen LogP contribution in [0.3, 0.4) is 0 Å². The van der Waals surface area contributed by atoms with Gasteiger partial charge in [-0.2, -0.15) is 0 Å². The molecule has 0 unspecified atom stereocenters. The Kier molecular flexibility index (Phi) is 3.45. The largest absolute Gasteiger partial charge is 0.314 e. The van der Waals surface area contributed by atoms with Crippen LogP contribution in [0.15, 0.2) is 29.2 Å². The average molecular weight is 208 g/mol. The predicted octanol–water partition coefficient (Wildman–Crippen LogP) is 1.38. The van der Waals surface area contributed by atoms with Crippen LogP contribution in [0.1, 0.15) is 5.56 Å². The molecule has 1 heterocycles. The summed E-state index contributed by atoms with van der Waals surface area (Å²) in [4.78, 5) is 3.57. The third-order valence-electron chi connectivity index (χ3n) is 2.60. The Morgan fingerprint density at radius 3 is 2.64 bits per heavy atom. The third-order valence-corrected chi connectivity index (χ3v) is 3.03. The highest BCUT2D eigenvalue weighted by molar-refractivity contribution is 7.80. The smallest absolute Gasteiger partial charge is 0.0245 e. The zero-order valence-corrected chi connectivity index (χ0v) is 9.13. The van der Waals surface area contributed by atoms with Gasteiger partial charge in [0.05, 0.1) is 0 Å². The molecule has 0 amide bonds. The first-order valence-corrected chi connectivity index (χ1v) is 5.51. The molecule has 0 radical (unpaired) electrons. The number of hydrogen-bond acceptors (Lipinski definition) is 3. The molecule has 2 nitrogen and oxygen atoms in total. The first kappa shape index (κ1) is 10.0. The normalized spacial score (nSPS) is 18.4. The van der Waals surface area contributed by atoms with Crippen LogP contribution in [0.4, 0.5) is 0 Å². The van der Waals surface area contributed by atoms with Crippen molar-refractivity contribution in [3.05, 3.63) is 29.8 Å². The summed E-state index contributed by atoms with van der Waals surface area (Å²) in [5.41, 5.74) is 1.33. The van der Waals surface area contributed by atoms with Gasteiger partial charge in [-0.1, -0.05) is 18.2 Å². The zero-order valence-electron chi connectivity index (χ0n) is 8.24. The molecule has 0 spiro atoms. The van der Waals surface area contributed by atoms with Crippen molar-refractivity contribution in [1.29, 1.82) is 0 Å². The number of nitrogens with one attached hydrogen (secondary N) is 1. The van der Waals surface area contributed by atoms with E-state index in [1.807, 2.05) is 6.07 Å². The van der Waals surface area contributed by atoms with Crippen LogP contribution in [0, 0.1) is 0 Å². The molecule has 0 aromatic heterocycles. The van der Waals surface area contributed by atoms with Crippen LogP contribution in [0.25, 0.3) is 0 Å². The van der Waals surface area contributed by atoms with Gasteiger partial charge in [0.1, 0.15) is 0 Å². The molecule has 1 fully saturated rings. The Labute approximate surface area is 90.7 Å². The second-order valence-electron chi connectivity index (χ2n) is 3.65. The van der Waals surface area contributed by atoms with Crippen molar-refractivity contribution in [2.45, 2.75) is 11.4 Å². The van der Waals surface area contributed by atoms with Crippen molar-refractivity contribution >= 4 is 12.6 Å². The summed E-state index contributed by atoms with van der Waals surface area (Å²) >= 11 is 4.46. The number of hydrogen-bond donors (Lipinski definition) is 2. The number of benzene rings is 1. The standard InChI is InChI=1S/C11H16N2S/c14-11-4-2-1-3-10(11)9-13-7-5-12-6-8-13/h1-4,12,14H,5-9H2. The molecule has 0 aliphatic carbocycles. The summed E-state index contributed by atoms with van der Waals surface area (Å²) < 4.78 is 0. The zero-order chi connectivity index (χ0) is 9.80. The van der Waals surface area contributed by atoms with Gasteiger partial charge < -0.3 is 5.32 Å². The minimum absolute atomic E-state index is 1.03. The lowest BCUT2D eigenvalue weighted by Gasteiger charge is -2.27. The van der Waals surface area contributed by atoms with Crippen molar-refractivity contribution in [2.75, 3.05) is 26.2 Å². The predicted molar refractivity (Wildman–Crippen MR) is 61.8 cm³/mol. The molecule has 0 saturated carbocycles. The fourth-order valence-electron chi connectivity index (χ4n) is 1.75. The number of piperazine rings is 1. The second kappa shape index (κ2) is 4.82. The molecule has 0 atom stereocenters. The van der Waals surface area contributed by atoms with Gasteiger partial charge in [-0.3, -0.25) is 4.90 Å². The van der Waals surface area contributed by atoms with Crippen molar-refractivity contribution < 1.29 is 0 Å². The molecule has 1 aliphatic heterocycles. The Morgan fingerprint density at radius 2 is 1.93 bits per heavy atom. The quantitative estimate of drug-likeness (QED) is 0.714. The molecule has 1 N–H and O–H groups in total. The lowest BCUT2D eigenvalue weighted by atomic mass is 10.2. The first-order chi connectivity index (χ1) is 6.86. The van der Waals surface area contributed by atoms with E-state index in [9.17, 15) is 0 Å². The number of thiol groups is 1. The van der Waals surface area contributed by atoms with Gasteiger partial charge in [0.2, 0.25) is 0 Å². The van der Waals surface area contributed by atoms with Crippen LogP contribution >= 0.6 is 12.6 Å². The van der Waals surface area contributed by atoms with E-state index in [1.165, 1.54) is 5.56 Å². The molecule has 1 saturated heterocycles. The summed E-state index contributed by atoms with van der Waals surface area (Å²) in [5.74, 6) is 0. The average Bonchev–Trinajstić information content (AvgIpc) is 2.23. The highest BCUT2D eigenvalue weighted by atomic mass is 32.1. The van der Waals surface area contributed by atoms with Crippen molar-refractivity contribution in [3.8, 4) is 0 Å². The molecule has 1 aliphatic rings. The van der Waals surface area contributed by atoms with E-state index in [1.54, 1.807) is 0 Å². The minimum Gasteiger partial charge on any atom is -0.314 e. The topological polar surface area (TPSA) is 15.3 Å². The van der Waals surface area contributed by atoms with Gasteiger partial charge in [0.25, 0.3) is 0 Å². The van der Waals surface area contributed by atoms with Crippen molar-refractivity contribution in [1.82, 2.24) is 10.2 Å². The molecule has 1 aromatic carbocycles. The van der Waals surface area contributed by atoms with Crippen molar-refractivity contribution in [3.63, 3.8) is 0 Å². The summed E-state index contributed by atoms with van der Waals surface area (Å²) in [7, 11) is 0. The minimum atomic E-state index is 1.03. The molecular weight excluding hydrogens is 192 g/mol.